The van der Waals surface area contributed by atoms with E-state index in [1.165, 1.54) is 0 Å². The molecule has 3 nitrogen and oxygen atoms in total. The van der Waals surface area contributed by atoms with Crippen molar-refractivity contribution in [1.82, 2.24) is 0 Å². The predicted molar refractivity (Wildman–Crippen MR) is 28.5 cm³/mol. The van der Waals surface area contributed by atoms with Crippen molar-refractivity contribution in [3.63, 3.8) is 0 Å². The molecule has 2 N–H and O–H groups in total. The molecule has 0 rings (SSSR count). The van der Waals surface area contributed by atoms with E-state index >= 15 is 0 Å². The van der Waals surface area contributed by atoms with Gasteiger partial charge in [-0.1, -0.05) is 0 Å². The van der Waals surface area contributed by atoms with Crippen LogP contribution in [0.15, 0.2) is 0 Å². The van der Waals surface area contributed by atoms with Gasteiger partial charge in [0.2, 0.25) is 0 Å². The fourth-order valence-electron chi connectivity index (χ4n) is 0.188. The zero-order valence-electron chi connectivity index (χ0n) is 5.83. The smallest absolute Gasteiger partial charge is 1.00 e. The van der Waals surface area contributed by atoms with Crippen molar-refractivity contribution in [2.75, 3.05) is 12.4 Å². The minimum Gasteiger partial charge on any atom is -1.00 e. The molecule has 0 amide bonds. The maximum atomic E-state index is 9.76. The standard InChI is InChI=1S/C3H8O3S.Na.H/c4-2-1-3-7(5)6;;/h4H,1-3H2,(H,5,6);;/q;+1;-1. The molecular weight excluding hydrogens is 139 g/mol. The van der Waals surface area contributed by atoms with Crippen LogP contribution in [0.4, 0.5) is 0 Å². The van der Waals surface area contributed by atoms with Crippen LogP contribution < -0.4 is 29.6 Å². The van der Waals surface area contributed by atoms with Gasteiger partial charge in [0, 0.05) is 6.61 Å². The average Bonchev–Trinajstić information content (AvgIpc) is 1.61. The molecule has 0 spiro atoms. The monoisotopic (exact) mass is 148 g/mol. The second kappa shape index (κ2) is 8.07. The molecule has 0 aromatic heterocycles. The minimum atomic E-state index is -1.73. The summed E-state index contributed by atoms with van der Waals surface area (Å²) in [6, 6.07) is 0. The molecule has 0 bridgehead atoms. The molecule has 0 heterocycles. The summed E-state index contributed by atoms with van der Waals surface area (Å²) in [5, 5.41) is 8.07. The van der Waals surface area contributed by atoms with Gasteiger partial charge in [0.05, 0.1) is 5.75 Å². The van der Waals surface area contributed by atoms with Crippen LogP contribution in [-0.2, 0) is 11.1 Å². The van der Waals surface area contributed by atoms with E-state index in [2.05, 4.69) is 0 Å². The van der Waals surface area contributed by atoms with E-state index in [0.717, 1.165) is 0 Å². The van der Waals surface area contributed by atoms with Gasteiger partial charge >= 0.3 is 29.6 Å². The second-order valence-corrected chi connectivity index (χ2v) is 2.15. The summed E-state index contributed by atoms with van der Waals surface area (Å²) in [6.07, 6.45) is 0.406. The van der Waals surface area contributed by atoms with Crippen molar-refractivity contribution >= 4 is 11.1 Å². The van der Waals surface area contributed by atoms with Crippen LogP contribution in [0, 0.1) is 0 Å². The summed E-state index contributed by atoms with van der Waals surface area (Å²) < 4.78 is 17.8. The van der Waals surface area contributed by atoms with Crippen molar-refractivity contribution in [2.24, 2.45) is 0 Å². The third-order valence-corrected chi connectivity index (χ3v) is 1.11. The molecule has 8 heavy (non-hydrogen) atoms. The summed E-state index contributed by atoms with van der Waals surface area (Å²) in [5.41, 5.74) is 0. The van der Waals surface area contributed by atoms with Gasteiger partial charge in [0.25, 0.3) is 0 Å². The molecule has 0 radical (unpaired) electrons. The average molecular weight is 148 g/mol. The number of hydrogen-bond acceptors (Lipinski definition) is 2. The second-order valence-electron chi connectivity index (χ2n) is 1.10. The first kappa shape index (κ1) is 11.8. The van der Waals surface area contributed by atoms with E-state index in [1.54, 1.807) is 0 Å². The quantitative estimate of drug-likeness (QED) is 0.326. The molecule has 0 fully saturated rings. The molecule has 0 saturated heterocycles. The zero-order valence-corrected chi connectivity index (χ0v) is 7.65. The maximum absolute atomic E-state index is 9.76. The Balaban J connectivity index is -0.000000180. The normalized spacial score (nSPS) is 12.2. The summed E-state index contributed by atoms with van der Waals surface area (Å²) in [5.74, 6) is 0.177. The summed E-state index contributed by atoms with van der Waals surface area (Å²) >= 11 is -1.73. The van der Waals surface area contributed by atoms with Gasteiger partial charge in [0.1, 0.15) is 0 Å². The van der Waals surface area contributed by atoms with Crippen molar-refractivity contribution < 1.29 is 44.9 Å². The summed E-state index contributed by atoms with van der Waals surface area (Å²) in [4.78, 5) is 0. The molecule has 1 atom stereocenters. The molecule has 1 unspecified atom stereocenters. The van der Waals surface area contributed by atoms with E-state index in [9.17, 15) is 4.21 Å². The van der Waals surface area contributed by atoms with Crippen molar-refractivity contribution in [3.8, 4) is 0 Å². The molecule has 0 aromatic carbocycles. The van der Waals surface area contributed by atoms with E-state index in [0.29, 0.717) is 6.42 Å². The van der Waals surface area contributed by atoms with Crippen molar-refractivity contribution in [3.05, 3.63) is 0 Å². The molecule has 0 aliphatic heterocycles. The van der Waals surface area contributed by atoms with Gasteiger partial charge in [-0.05, 0) is 6.42 Å². The van der Waals surface area contributed by atoms with Crippen molar-refractivity contribution in [2.45, 2.75) is 6.42 Å². The molecular formula is C3H9NaO3S. The van der Waals surface area contributed by atoms with E-state index < -0.39 is 11.1 Å². The fourth-order valence-corrected chi connectivity index (χ4v) is 0.564. The van der Waals surface area contributed by atoms with Gasteiger partial charge < -0.3 is 11.1 Å². The van der Waals surface area contributed by atoms with E-state index in [4.69, 9.17) is 9.66 Å². The van der Waals surface area contributed by atoms with Gasteiger partial charge in [-0.2, -0.15) is 0 Å². The van der Waals surface area contributed by atoms with E-state index in [-0.39, 0.29) is 43.3 Å². The third kappa shape index (κ3) is 10.1. The number of aliphatic hydroxyl groups excluding tert-OH is 1. The van der Waals surface area contributed by atoms with Gasteiger partial charge in [0.15, 0.2) is 11.1 Å². The Bertz CT molecular complexity index is 72.1. The Morgan fingerprint density at radius 2 is 2.12 bits per heavy atom. The van der Waals surface area contributed by atoms with Gasteiger partial charge in [-0.25, -0.2) is 4.21 Å². The molecule has 0 saturated carbocycles. The van der Waals surface area contributed by atoms with E-state index in [1.807, 2.05) is 0 Å². The predicted octanol–water partition coefficient (Wildman–Crippen LogP) is -3.29. The van der Waals surface area contributed by atoms with Gasteiger partial charge in [-0.3, -0.25) is 0 Å². The molecule has 0 aliphatic rings. The van der Waals surface area contributed by atoms with Crippen LogP contribution in [0.3, 0.4) is 0 Å². The van der Waals surface area contributed by atoms with Gasteiger partial charge in [-0.15, -0.1) is 0 Å². The molecule has 0 aromatic rings. The third-order valence-electron chi connectivity index (χ3n) is 0.477. The molecule has 5 heteroatoms. The largest absolute Gasteiger partial charge is 1.00 e. The summed E-state index contributed by atoms with van der Waals surface area (Å²) in [7, 11) is 0. The first-order valence-corrected chi connectivity index (χ1v) is 3.23. The Morgan fingerprint density at radius 1 is 1.62 bits per heavy atom. The molecule has 46 valence electrons. The Kier molecular flexibility index (Phi) is 11.9. The Morgan fingerprint density at radius 3 is 2.25 bits per heavy atom. The number of rotatable bonds is 3. The van der Waals surface area contributed by atoms with Crippen LogP contribution >= 0.6 is 0 Å². The van der Waals surface area contributed by atoms with Crippen LogP contribution in [0.5, 0.6) is 0 Å². The molecule has 0 aliphatic carbocycles. The van der Waals surface area contributed by atoms with Crippen LogP contribution in [0.25, 0.3) is 0 Å². The van der Waals surface area contributed by atoms with Crippen LogP contribution in [-0.4, -0.2) is 26.2 Å². The topological polar surface area (TPSA) is 57.5 Å². The number of hydrogen-bond donors (Lipinski definition) is 2. The van der Waals surface area contributed by atoms with Crippen LogP contribution in [0.2, 0.25) is 0 Å². The SMILES string of the molecule is O=S(O)CCCO.[H-].[Na+]. The zero-order chi connectivity index (χ0) is 5.70. The van der Waals surface area contributed by atoms with Crippen LogP contribution in [0.1, 0.15) is 7.85 Å². The minimum absolute atomic E-state index is 0. The van der Waals surface area contributed by atoms with Crippen molar-refractivity contribution in [1.29, 1.82) is 0 Å². The Hall–Kier alpha value is 1.07. The maximum Gasteiger partial charge on any atom is 1.00 e. The Labute approximate surface area is 74.5 Å². The fraction of sp³-hybridized carbons (Fsp3) is 1.00. The first-order chi connectivity index (χ1) is 3.27. The number of aliphatic hydroxyl groups is 1. The summed E-state index contributed by atoms with van der Waals surface area (Å²) in [6.45, 7) is -0.00764. The first-order valence-electron chi connectivity index (χ1n) is 1.95.